The normalized spacial score (nSPS) is 10.8. The predicted molar refractivity (Wildman–Crippen MR) is 50.5 cm³/mol. The van der Waals surface area contributed by atoms with Crippen molar-refractivity contribution in [1.29, 1.82) is 0 Å². The van der Waals surface area contributed by atoms with Gasteiger partial charge in [-0.25, -0.2) is 8.78 Å². The van der Waals surface area contributed by atoms with E-state index in [-0.39, 0.29) is 16.5 Å². The Labute approximate surface area is 83.5 Å². The molecule has 0 aliphatic rings. The van der Waals surface area contributed by atoms with Gasteiger partial charge in [0.05, 0.1) is 0 Å². The quantitative estimate of drug-likeness (QED) is 0.666. The number of rotatable bonds is 0. The summed E-state index contributed by atoms with van der Waals surface area (Å²) in [5.74, 6) is -1.68. The molecule has 0 amide bonds. The fourth-order valence-corrected chi connectivity index (χ4v) is 1.45. The molecule has 72 valence electrons. The minimum absolute atomic E-state index is 0.0429. The van der Waals surface area contributed by atoms with E-state index in [4.69, 9.17) is 16.7 Å². The molecule has 0 heterocycles. The number of hydrogen-bond donors (Lipinski definition) is 1. The third kappa shape index (κ3) is 1.30. The maximum Gasteiger partial charge on any atom is 0.152 e. The maximum absolute atomic E-state index is 13.3. The molecule has 0 aromatic heterocycles. The topological polar surface area (TPSA) is 20.2 Å². The predicted octanol–water partition coefficient (Wildman–Crippen LogP) is 3.48. The Bertz CT molecular complexity index is 511. The maximum atomic E-state index is 13.3. The number of hydrogen-bond acceptors (Lipinski definition) is 1. The number of benzene rings is 2. The molecule has 0 saturated heterocycles. The van der Waals surface area contributed by atoms with Crippen molar-refractivity contribution in [3.8, 4) is 5.75 Å². The second-order valence-corrected chi connectivity index (χ2v) is 3.27. The highest BCUT2D eigenvalue weighted by Gasteiger charge is 2.11. The van der Waals surface area contributed by atoms with E-state index in [9.17, 15) is 8.78 Å². The summed E-state index contributed by atoms with van der Waals surface area (Å²) in [6.45, 7) is 0. The second kappa shape index (κ2) is 3.10. The van der Waals surface area contributed by atoms with Crippen LogP contribution in [0.15, 0.2) is 24.3 Å². The van der Waals surface area contributed by atoms with Crippen molar-refractivity contribution in [2.24, 2.45) is 0 Å². The Morgan fingerprint density at radius 2 is 1.86 bits per heavy atom. The first-order valence-corrected chi connectivity index (χ1v) is 4.23. The highest BCUT2D eigenvalue weighted by molar-refractivity contribution is 6.31. The summed E-state index contributed by atoms with van der Waals surface area (Å²) in [4.78, 5) is 0. The lowest BCUT2D eigenvalue weighted by atomic mass is 10.1. The minimum atomic E-state index is -0.831. The van der Waals surface area contributed by atoms with Gasteiger partial charge < -0.3 is 5.11 Å². The molecular weight excluding hydrogens is 210 g/mol. The fraction of sp³-hybridized carbons (Fsp3) is 0. The van der Waals surface area contributed by atoms with Crippen molar-refractivity contribution in [2.45, 2.75) is 0 Å². The van der Waals surface area contributed by atoms with Crippen molar-refractivity contribution < 1.29 is 13.9 Å². The van der Waals surface area contributed by atoms with Gasteiger partial charge in [0.25, 0.3) is 0 Å². The second-order valence-electron chi connectivity index (χ2n) is 2.89. The van der Waals surface area contributed by atoms with Crippen molar-refractivity contribution >= 4 is 22.4 Å². The van der Waals surface area contributed by atoms with Crippen LogP contribution in [0.5, 0.6) is 5.75 Å². The molecule has 0 radical (unpaired) electrons. The van der Waals surface area contributed by atoms with Gasteiger partial charge in [-0.3, -0.25) is 0 Å². The first kappa shape index (κ1) is 9.21. The molecule has 0 spiro atoms. The Kier molecular flexibility index (Phi) is 2.04. The molecule has 2 aromatic rings. The number of halogens is 3. The molecule has 14 heavy (non-hydrogen) atoms. The van der Waals surface area contributed by atoms with Gasteiger partial charge in [0, 0.05) is 5.39 Å². The number of phenols is 1. The van der Waals surface area contributed by atoms with E-state index in [1.165, 1.54) is 18.2 Å². The van der Waals surface area contributed by atoms with Gasteiger partial charge in [0.15, 0.2) is 5.82 Å². The molecule has 0 bridgehead atoms. The van der Waals surface area contributed by atoms with Gasteiger partial charge >= 0.3 is 0 Å². The minimum Gasteiger partial charge on any atom is -0.508 e. The third-order valence-electron chi connectivity index (χ3n) is 1.96. The van der Waals surface area contributed by atoms with E-state index in [0.29, 0.717) is 0 Å². The van der Waals surface area contributed by atoms with E-state index in [0.717, 1.165) is 6.07 Å². The van der Waals surface area contributed by atoms with Crippen LogP contribution in [-0.2, 0) is 0 Å². The van der Waals surface area contributed by atoms with Crippen LogP contribution in [0, 0.1) is 11.6 Å². The van der Waals surface area contributed by atoms with Crippen molar-refractivity contribution in [2.75, 3.05) is 0 Å². The van der Waals surface area contributed by atoms with Gasteiger partial charge in [0.2, 0.25) is 0 Å². The van der Waals surface area contributed by atoms with Gasteiger partial charge in [0.1, 0.15) is 16.6 Å². The highest BCUT2D eigenvalue weighted by Crippen LogP contribution is 2.29. The monoisotopic (exact) mass is 214 g/mol. The van der Waals surface area contributed by atoms with Gasteiger partial charge in [-0.05, 0) is 29.7 Å². The number of phenolic OH excluding ortho intramolecular Hbond substituents is 1. The third-order valence-corrected chi connectivity index (χ3v) is 2.30. The van der Waals surface area contributed by atoms with Crippen LogP contribution in [0.3, 0.4) is 0 Å². The fourth-order valence-electron chi connectivity index (χ4n) is 1.29. The van der Waals surface area contributed by atoms with Crippen LogP contribution in [-0.4, -0.2) is 5.11 Å². The lowest BCUT2D eigenvalue weighted by Gasteiger charge is -2.03. The highest BCUT2D eigenvalue weighted by atomic mass is 35.5. The molecular formula is C10H5ClF2O. The van der Waals surface area contributed by atoms with Crippen LogP contribution in [0.1, 0.15) is 0 Å². The first-order chi connectivity index (χ1) is 6.59. The zero-order chi connectivity index (χ0) is 10.3. The molecule has 4 heteroatoms. The Morgan fingerprint density at radius 1 is 1.14 bits per heavy atom. The Balaban J connectivity index is 2.91. The summed E-state index contributed by atoms with van der Waals surface area (Å²) in [6, 6.07) is 5.03. The van der Waals surface area contributed by atoms with Crippen LogP contribution in [0.2, 0.25) is 5.02 Å². The molecule has 0 unspecified atom stereocenters. The Morgan fingerprint density at radius 3 is 2.57 bits per heavy atom. The molecule has 0 saturated carbocycles. The summed E-state index contributed by atoms with van der Waals surface area (Å²) in [7, 11) is 0. The molecule has 2 aromatic carbocycles. The summed E-state index contributed by atoms with van der Waals surface area (Å²) in [6.07, 6.45) is 0. The molecule has 0 atom stereocenters. The zero-order valence-electron chi connectivity index (χ0n) is 6.89. The van der Waals surface area contributed by atoms with Crippen LogP contribution < -0.4 is 0 Å². The molecule has 0 fully saturated rings. The number of fused-ring (bicyclic) bond motifs is 1. The van der Waals surface area contributed by atoms with Gasteiger partial charge in [-0.15, -0.1) is 0 Å². The van der Waals surface area contributed by atoms with Crippen molar-refractivity contribution in [1.82, 2.24) is 0 Å². The lowest BCUT2D eigenvalue weighted by molar-refractivity contribution is 0.476. The van der Waals surface area contributed by atoms with Crippen LogP contribution >= 0.6 is 11.6 Å². The van der Waals surface area contributed by atoms with Crippen LogP contribution in [0.4, 0.5) is 8.78 Å². The summed E-state index contributed by atoms with van der Waals surface area (Å²) >= 11 is 5.38. The van der Waals surface area contributed by atoms with E-state index >= 15 is 0 Å². The lowest BCUT2D eigenvalue weighted by Crippen LogP contribution is -1.86. The zero-order valence-corrected chi connectivity index (χ0v) is 7.65. The Hall–Kier alpha value is -1.35. The largest absolute Gasteiger partial charge is 0.508 e. The number of aromatic hydroxyl groups is 1. The van der Waals surface area contributed by atoms with E-state index in [2.05, 4.69) is 0 Å². The molecule has 0 aliphatic heterocycles. The summed E-state index contributed by atoms with van der Waals surface area (Å²) in [5.41, 5.74) is 0. The van der Waals surface area contributed by atoms with Crippen molar-refractivity contribution in [3.05, 3.63) is 40.9 Å². The standard InChI is InChI=1S/C10H5ClF2O/c11-9-8(12)4-5-3-6(14)1-2-7(5)10(9)13/h1-4,14H. The summed E-state index contributed by atoms with van der Waals surface area (Å²) in [5, 5.41) is 9.05. The molecule has 1 N–H and O–H groups in total. The smallest absolute Gasteiger partial charge is 0.152 e. The summed E-state index contributed by atoms with van der Waals surface area (Å²) < 4.78 is 26.3. The van der Waals surface area contributed by atoms with Gasteiger partial charge in [-0.2, -0.15) is 0 Å². The van der Waals surface area contributed by atoms with E-state index in [1.54, 1.807) is 0 Å². The molecule has 0 aliphatic carbocycles. The van der Waals surface area contributed by atoms with Crippen LogP contribution in [0.25, 0.3) is 10.8 Å². The first-order valence-electron chi connectivity index (χ1n) is 3.86. The van der Waals surface area contributed by atoms with E-state index in [1.807, 2.05) is 0 Å². The van der Waals surface area contributed by atoms with Crippen molar-refractivity contribution in [3.63, 3.8) is 0 Å². The molecule has 2 rings (SSSR count). The average Bonchev–Trinajstić information content (AvgIpc) is 2.14. The SMILES string of the molecule is Oc1ccc2c(F)c(Cl)c(F)cc2c1. The average molecular weight is 215 g/mol. The van der Waals surface area contributed by atoms with E-state index < -0.39 is 16.7 Å². The van der Waals surface area contributed by atoms with Gasteiger partial charge in [-0.1, -0.05) is 11.6 Å². The molecule has 1 nitrogen and oxygen atoms in total.